The SMILES string of the molecule is CC1=Cc2ccc([Si](C)(C)C)cc2C1CC1C(C)=Cc2ccc([Si](C)(C)C)cc21. The quantitative estimate of drug-likeness (QED) is 0.477. The molecule has 0 radical (unpaired) electrons. The predicted molar refractivity (Wildman–Crippen MR) is 136 cm³/mol. The summed E-state index contributed by atoms with van der Waals surface area (Å²) >= 11 is 0. The Labute approximate surface area is 179 Å². The smallest absolute Gasteiger partial charge is 0.0656 e. The van der Waals surface area contributed by atoms with Gasteiger partial charge in [-0.25, -0.2) is 0 Å². The Kier molecular flexibility index (Phi) is 4.95. The molecule has 0 bridgehead atoms. The lowest BCUT2D eigenvalue weighted by molar-refractivity contribution is 0.643. The highest BCUT2D eigenvalue weighted by Crippen LogP contribution is 2.47. The van der Waals surface area contributed by atoms with Crippen molar-refractivity contribution in [2.45, 2.75) is 71.4 Å². The number of fused-ring (bicyclic) bond motifs is 2. The van der Waals surface area contributed by atoms with E-state index in [2.05, 4.69) is 102 Å². The summed E-state index contributed by atoms with van der Waals surface area (Å²) in [6.07, 6.45) is 6.07. The molecule has 152 valence electrons. The van der Waals surface area contributed by atoms with E-state index in [0.717, 1.165) is 0 Å². The molecule has 0 aliphatic heterocycles. The average molecular weight is 417 g/mol. The maximum atomic E-state index is 2.55. The van der Waals surface area contributed by atoms with Crippen LogP contribution in [0.1, 0.15) is 54.4 Å². The number of hydrogen-bond donors (Lipinski definition) is 0. The Morgan fingerprint density at radius 3 is 1.34 bits per heavy atom. The summed E-state index contributed by atoms with van der Waals surface area (Å²) < 4.78 is 0. The second-order valence-corrected chi connectivity index (χ2v) is 21.5. The van der Waals surface area contributed by atoms with E-state index in [0.29, 0.717) is 11.8 Å². The van der Waals surface area contributed by atoms with Crippen LogP contribution in [0.25, 0.3) is 12.2 Å². The van der Waals surface area contributed by atoms with Crippen molar-refractivity contribution in [3.63, 3.8) is 0 Å². The Hall–Kier alpha value is -1.65. The van der Waals surface area contributed by atoms with Crippen molar-refractivity contribution < 1.29 is 0 Å². The molecule has 0 N–H and O–H groups in total. The zero-order valence-electron chi connectivity index (χ0n) is 19.5. The highest BCUT2D eigenvalue weighted by molar-refractivity contribution is 6.89. The molecule has 0 saturated heterocycles. The number of hydrogen-bond acceptors (Lipinski definition) is 0. The molecule has 0 spiro atoms. The van der Waals surface area contributed by atoms with Crippen LogP contribution >= 0.6 is 0 Å². The van der Waals surface area contributed by atoms with Gasteiger partial charge in [-0.3, -0.25) is 0 Å². The molecule has 2 aromatic rings. The van der Waals surface area contributed by atoms with Gasteiger partial charge in [0.2, 0.25) is 0 Å². The number of benzene rings is 2. The van der Waals surface area contributed by atoms with Crippen molar-refractivity contribution >= 4 is 38.7 Å². The van der Waals surface area contributed by atoms with Gasteiger partial charge in [0.05, 0.1) is 16.1 Å². The van der Waals surface area contributed by atoms with Crippen LogP contribution in [0.5, 0.6) is 0 Å². The summed E-state index contributed by atoms with van der Waals surface area (Å²) in [7, 11) is -2.60. The minimum Gasteiger partial charge on any atom is -0.0656 e. The highest BCUT2D eigenvalue weighted by Gasteiger charge is 2.32. The minimum absolute atomic E-state index is 0.552. The van der Waals surface area contributed by atoms with Crippen LogP contribution in [0.3, 0.4) is 0 Å². The fraction of sp³-hybridized carbons (Fsp3) is 0.407. The zero-order chi connectivity index (χ0) is 21.1. The molecule has 0 saturated carbocycles. The van der Waals surface area contributed by atoms with Crippen LogP contribution in [-0.4, -0.2) is 16.1 Å². The summed E-state index contributed by atoms with van der Waals surface area (Å²) in [5.74, 6) is 1.10. The van der Waals surface area contributed by atoms with E-state index in [4.69, 9.17) is 0 Å². The van der Waals surface area contributed by atoms with Crippen LogP contribution in [0.2, 0.25) is 39.3 Å². The first-order valence-corrected chi connectivity index (χ1v) is 18.1. The van der Waals surface area contributed by atoms with Gasteiger partial charge >= 0.3 is 0 Å². The molecule has 29 heavy (non-hydrogen) atoms. The fourth-order valence-electron chi connectivity index (χ4n) is 4.99. The lowest BCUT2D eigenvalue weighted by atomic mass is 9.82. The van der Waals surface area contributed by atoms with Crippen molar-refractivity contribution in [3.05, 3.63) is 69.8 Å². The van der Waals surface area contributed by atoms with Crippen LogP contribution in [0.15, 0.2) is 47.5 Å². The third-order valence-corrected chi connectivity index (χ3v) is 11.1. The number of allylic oxidation sites excluding steroid dienone is 2. The largest absolute Gasteiger partial charge is 0.0776 e. The van der Waals surface area contributed by atoms with Gasteiger partial charge in [-0.2, -0.15) is 0 Å². The van der Waals surface area contributed by atoms with Crippen LogP contribution in [0, 0.1) is 0 Å². The topological polar surface area (TPSA) is 0 Å². The molecule has 0 nitrogen and oxygen atoms in total. The maximum Gasteiger partial charge on any atom is 0.0776 e. The highest BCUT2D eigenvalue weighted by atomic mass is 28.3. The second-order valence-electron chi connectivity index (χ2n) is 11.3. The molecule has 2 unspecified atom stereocenters. The van der Waals surface area contributed by atoms with E-state index >= 15 is 0 Å². The van der Waals surface area contributed by atoms with E-state index in [1.54, 1.807) is 21.5 Å². The molecular weight excluding hydrogens is 380 g/mol. The Balaban J connectivity index is 1.70. The monoisotopic (exact) mass is 416 g/mol. The van der Waals surface area contributed by atoms with Gasteiger partial charge in [-0.05, 0) is 42.5 Å². The van der Waals surface area contributed by atoms with E-state index in [1.165, 1.54) is 28.7 Å². The molecular formula is C27H36Si2. The standard InChI is InChI=1S/C27H36Si2/c1-18-13-20-9-11-22(28(3,4)5)15-26(20)24(18)17-25-19(2)14-21-10-12-23(16-27(21)25)29(6,7)8/h9-16,24-25H,17H2,1-8H3. The van der Waals surface area contributed by atoms with Crippen molar-refractivity contribution in [1.29, 1.82) is 0 Å². The predicted octanol–water partition coefficient (Wildman–Crippen LogP) is 6.87. The minimum atomic E-state index is -1.30. The Morgan fingerprint density at radius 2 is 1.00 bits per heavy atom. The normalized spacial score (nSPS) is 21.0. The van der Waals surface area contributed by atoms with E-state index in [-0.39, 0.29) is 0 Å². The molecule has 4 rings (SSSR count). The van der Waals surface area contributed by atoms with Crippen molar-refractivity contribution in [2.75, 3.05) is 0 Å². The zero-order valence-corrected chi connectivity index (χ0v) is 21.5. The van der Waals surface area contributed by atoms with Gasteiger partial charge < -0.3 is 0 Å². The van der Waals surface area contributed by atoms with Crippen molar-refractivity contribution in [3.8, 4) is 0 Å². The van der Waals surface area contributed by atoms with E-state index < -0.39 is 16.1 Å². The van der Waals surface area contributed by atoms with Crippen molar-refractivity contribution in [2.24, 2.45) is 0 Å². The van der Waals surface area contributed by atoms with Crippen molar-refractivity contribution in [1.82, 2.24) is 0 Å². The van der Waals surface area contributed by atoms with Gasteiger partial charge in [0.15, 0.2) is 0 Å². The number of rotatable bonds is 4. The van der Waals surface area contributed by atoms with Gasteiger partial charge in [0.1, 0.15) is 0 Å². The Bertz CT molecular complexity index is 942. The van der Waals surface area contributed by atoms with Gasteiger partial charge in [0.25, 0.3) is 0 Å². The summed E-state index contributed by atoms with van der Waals surface area (Å²) in [6.45, 7) is 19.4. The first-order valence-electron chi connectivity index (χ1n) is 11.1. The van der Waals surface area contributed by atoms with E-state index in [1.807, 2.05) is 0 Å². The molecule has 2 aliphatic carbocycles. The van der Waals surface area contributed by atoms with Gasteiger partial charge in [-0.15, -0.1) is 0 Å². The van der Waals surface area contributed by atoms with Gasteiger partial charge in [-0.1, -0.05) is 109 Å². The molecule has 0 heterocycles. The molecule has 2 aromatic carbocycles. The molecule has 2 aliphatic rings. The summed E-state index contributed by atoms with van der Waals surface area (Å²) in [5, 5.41) is 3.17. The first kappa shape index (κ1) is 20.6. The lowest BCUT2D eigenvalue weighted by Gasteiger charge is -2.25. The van der Waals surface area contributed by atoms with Gasteiger partial charge in [0, 0.05) is 11.8 Å². The Morgan fingerprint density at radius 1 is 0.621 bits per heavy atom. The van der Waals surface area contributed by atoms with Crippen LogP contribution < -0.4 is 10.4 Å². The second kappa shape index (κ2) is 6.95. The molecule has 2 atom stereocenters. The fourth-order valence-corrected chi connectivity index (χ4v) is 7.34. The average Bonchev–Trinajstić information content (AvgIpc) is 3.09. The summed E-state index contributed by atoms with van der Waals surface area (Å²) in [6, 6.07) is 14.6. The molecule has 2 heteroatoms. The molecule has 0 amide bonds. The third kappa shape index (κ3) is 3.77. The van der Waals surface area contributed by atoms with Crippen LogP contribution in [-0.2, 0) is 0 Å². The first-order chi connectivity index (χ1) is 13.4. The molecule has 0 fully saturated rings. The lowest BCUT2D eigenvalue weighted by Crippen LogP contribution is -2.38. The van der Waals surface area contributed by atoms with Crippen LogP contribution in [0.4, 0.5) is 0 Å². The third-order valence-electron chi connectivity index (χ3n) is 6.99. The van der Waals surface area contributed by atoms with E-state index in [9.17, 15) is 0 Å². The summed E-state index contributed by atoms with van der Waals surface area (Å²) in [5.41, 5.74) is 9.12. The summed E-state index contributed by atoms with van der Waals surface area (Å²) in [4.78, 5) is 0. The maximum absolute atomic E-state index is 2.55. The molecule has 0 aromatic heterocycles.